The van der Waals surface area contributed by atoms with Gasteiger partial charge in [0.05, 0.1) is 11.7 Å². The van der Waals surface area contributed by atoms with Crippen molar-refractivity contribution in [3.63, 3.8) is 0 Å². The first-order valence-electron chi connectivity index (χ1n) is 7.08. The number of hydrogen-bond acceptors (Lipinski definition) is 3. The van der Waals surface area contributed by atoms with Gasteiger partial charge in [-0.05, 0) is 23.8 Å². The summed E-state index contributed by atoms with van der Waals surface area (Å²) in [5.74, 6) is -0.369. The molecule has 0 bridgehead atoms. The van der Waals surface area contributed by atoms with E-state index in [0.717, 1.165) is 11.1 Å². The van der Waals surface area contributed by atoms with Crippen LogP contribution in [0.5, 0.6) is 0 Å². The zero-order chi connectivity index (χ0) is 19.9. The molecule has 2 aromatic rings. The largest absolute Gasteiger partial charge is 0.358 e. The van der Waals surface area contributed by atoms with Gasteiger partial charge in [-0.3, -0.25) is 0 Å². The van der Waals surface area contributed by atoms with Crippen LogP contribution in [-0.4, -0.2) is 11.1 Å². The maximum Gasteiger partial charge on any atom is 0 e. The summed E-state index contributed by atoms with van der Waals surface area (Å²) in [5.41, 5.74) is 2.12. The molecule has 0 aromatic heterocycles. The number of rotatable bonds is 2. The third-order valence-electron chi connectivity index (χ3n) is 3.33. The van der Waals surface area contributed by atoms with E-state index in [1.807, 2.05) is 30.3 Å². The Morgan fingerprint density at radius 1 is 0.821 bits per heavy atom. The molecule has 3 rings (SSSR count). The van der Waals surface area contributed by atoms with E-state index in [2.05, 4.69) is 20.0 Å². The Balaban J connectivity index is -0.000000716. The molecule has 0 spiro atoms. The molecule has 1 aliphatic rings. The van der Waals surface area contributed by atoms with Crippen molar-refractivity contribution in [2.45, 2.75) is 12.2 Å². The molecule has 144 valence electrons. The van der Waals surface area contributed by atoms with Gasteiger partial charge in [0.1, 0.15) is 6.10 Å². The van der Waals surface area contributed by atoms with Crippen LogP contribution < -0.4 is 0 Å². The Morgan fingerprint density at radius 2 is 1.29 bits per heavy atom. The van der Waals surface area contributed by atoms with Crippen LogP contribution >= 0.6 is 0 Å². The Labute approximate surface area is 175 Å². The number of aliphatic hydroxyl groups is 1. The molecule has 7 heteroatoms. The van der Waals surface area contributed by atoms with Gasteiger partial charge in [-0.2, -0.15) is 0 Å². The number of hydrogen-bond donors (Lipinski definition) is 1. The topological polar surface area (TPSA) is 106 Å². The zero-order valence-electron chi connectivity index (χ0n) is 14.9. The van der Waals surface area contributed by atoms with Crippen molar-refractivity contribution in [3.8, 4) is 0 Å². The molecule has 1 aliphatic carbocycles. The smallest absolute Gasteiger partial charge is 0 e. The van der Waals surface area contributed by atoms with Crippen LogP contribution in [0.25, 0.3) is 0 Å². The normalized spacial score (nSPS) is 14.7. The predicted molar refractivity (Wildman–Crippen MR) is 93.3 cm³/mol. The van der Waals surface area contributed by atoms with Crippen LogP contribution in [0.2, 0.25) is 0 Å². The third kappa shape index (κ3) is 8.37. The number of carbonyl (C=O) groups is 1. The standard InChI is InChI=1S/C17H14O3.3CO.CH3.Cr/c18-15-10-11-16(14-9-5-4-8-13(14)15)20-17(19)12-6-2-1-3-7-12;3*1-2;;/h1-11,15-16,18H;;;;1H3;/q;;;;-1;/t15-,16+;;;;;/m1...../s1. The van der Waals surface area contributed by atoms with Gasteiger partial charge in [-0.15, -0.1) is 0 Å². The first kappa shape index (κ1) is 30.1. The van der Waals surface area contributed by atoms with E-state index in [4.69, 9.17) is 18.7 Å². The first-order valence-corrected chi connectivity index (χ1v) is 7.08. The van der Waals surface area contributed by atoms with Crippen LogP contribution in [0.3, 0.4) is 0 Å². The second kappa shape index (κ2) is 17.8. The summed E-state index contributed by atoms with van der Waals surface area (Å²) in [6.07, 6.45) is 2.26. The molecule has 0 saturated heterocycles. The summed E-state index contributed by atoms with van der Waals surface area (Å²) in [6.45, 7) is 13.5. The van der Waals surface area contributed by atoms with Gasteiger partial charge in [0.15, 0.2) is 0 Å². The van der Waals surface area contributed by atoms with Crippen LogP contribution in [0.4, 0.5) is 0 Å². The molecule has 0 amide bonds. The molecular weight excluding hydrogens is 400 g/mol. The monoisotopic (exact) mass is 417 g/mol. The summed E-state index contributed by atoms with van der Waals surface area (Å²) in [6, 6.07) is 16.3. The van der Waals surface area contributed by atoms with E-state index < -0.39 is 12.2 Å². The van der Waals surface area contributed by atoms with E-state index in [1.54, 1.807) is 36.4 Å². The predicted octanol–water partition coefficient (Wildman–Crippen LogP) is 3.52. The average Bonchev–Trinajstić information content (AvgIpc) is 2.75. The minimum atomic E-state index is -0.641. The molecule has 0 heterocycles. The number of carbonyl (C=O) groups excluding carboxylic acids is 1. The second-order valence-electron chi connectivity index (χ2n) is 4.65. The molecule has 2 aromatic carbocycles. The van der Waals surface area contributed by atoms with Gasteiger partial charge >= 0.3 is 39.9 Å². The Morgan fingerprint density at radius 3 is 1.82 bits per heavy atom. The quantitative estimate of drug-likeness (QED) is 0.350. The first-order chi connectivity index (χ1) is 12.8. The summed E-state index contributed by atoms with van der Waals surface area (Å²) >= 11 is 0. The Bertz CT molecular complexity index is 766. The summed E-state index contributed by atoms with van der Waals surface area (Å²) in [4.78, 5) is 12.1. The molecule has 0 radical (unpaired) electrons. The van der Waals surface area contributed by atoms with Crippen molar-refractivity contribution in [3.05, 3.63) is 111 Å². The molecule has 0 fully saturated rings. The summed E-state index contributed by atoms with van der Waals surface area (Å²) in [7, 11) is 0. The molecular formula is C21H17CrO6-. The Hall–Kier alpha value is -2.64. The maximum atomic E-state index is 12.1. The van der Waals surface area contributed by atoms with Gasteiger partial charge < -0.3 is 17.3 Å². The van der Waals surface area contributed by atoms with Gasteiger partial charge in [0.2, 0.25) is 0 Å². The van der Waals surface area contributed by atoms with E-state index in [0.29, 0.717) is 5.56 Å². The molecule has 2 atom stereocenters. The fraction of sp³-hybridized carbons (Fsp3) is 0.0952. The second-order valence-corrected chi connectivity index (χ2v) is 4.65. The van der Waals surface area contributed by atoms with E-state index in [9.17, 15) is 9.90 Å². The molecule has 28 heavy (non-hydrogen) atoms. The molecule has 0 aliphatic heterocycles. The van der Waals surface area contributed by atoms with Gasteiger partial charge in [-0.1, -0.05) is 48.5 Å². The third-order valence-corrected chi connectivity index (χ3v) is 3.33. The number of benzene rings is 2. The van der Waals surface area contributed by atoms with Crippen molar-refractivity contribution >= 4 is 5.97 Å². The number of fused-ring (bicyclic) bond motifs is 1. The number of aliphatic hydroxyl groups excluding tert-OH is 1. The van der Waals surface area contributed by atoms with Crippen molar-refractivity contribution in [2.75, 3.05) is 0 Å². The molecule has 0 unspecified atom stereocenters. The summed E-state index contributed by atoms with van der Waals surface area (Å²) in [5, 5.41) is 9.90. The van der Waals surface area contributed by atoms with E-state index in [1.165, 1.54) is 0 Å². The van der Waals surface area contributed by atoms with Gasteiger partial charge in [0, 0.05) is 22.9 Å². The average molecular weight is 417 g/mol. The SMILES string of the molecule is O=C(O[C@H]1C=C[C@@H](O)c2ccccc21)c1ccccc1.[C-]#[O+].[C-]#[O+].[C-]#[O+].[CH3-].[Cr]. The minimum Gasteiger partial charge on any atom is -0.358 e. The Kier molecular flexibility index (Phi) is 19.1. The van der Waals surface area contributed by atoms with Crippen LogP contribution in [0.15, 0.2) is 66.7 Å². The van der Waals surface area contributed by atoms with Crippen LogP contribution in [0.1, 0.15) is 33.7 Å². The van der Waals surface area contributed by atoms with Gasteiger partial charge in [0.25, 0.3) is 0 Å². The molecule has 6 nitrogen and oxygen atoms in total. The van der Waals surface area contributed by atoms with Crippen molar-refractivity contribution in [1.82, 2.24) is 0 Å². The molecule has 1 N–H and O–H groups in total. The van der Waals surface area contributed by atoms with Gasteiger partial charge in [-0.25, -0.2) is 4.79 Å². The van der Waals surface area contributed by atoms with Crippen LogP contribution in [-0.2, 0) is 36.1 Å². The minimum absolute atomic E-state index is 0. The zero-order valence-corrected chi connectivity index (χ0v) is 16.2. The fourth-order valence-corrected chi connectivity index (χ4v) is 2.31. The number of esters is 1. The summed E-state index contributed by atoms with van der Waals surface area (Å²) < 4.78 is 28.0. The molecule has 0 saturated carbocycles. The van der Waals surface area contributed by atoms with E-state index >= 15 is 0 Å². The van der Waals surface area contributed by atoms with E-state index in [-0.39, 0.29) is 30.8 Å². The van der Waals surface area contributed by atoms with Crippen molar-refractivity contribution in [2.24, 2.45) is 0 Å². The fourth-order valence-electron chi connectivity index (χ4n) is 2.31. The van der Waals surface area contributed by atoms with Crippen molar-refractivity contribution in [1.29, 1.82) is 0 Å². The van der Waals surface area contributed by atoms with Crippen LogP contribution in [0, 0.1) is 27.4 Å². The maximum absolute atomic E-state index is 12.1. The number of ether oxygens (including phenoxy) is 1. The van der Waals surface area contributed by atoms with Crippen molar-refractivity contribution < 1.29 is 46.0 Å².